The molecule has 6 nitrogen and oxygen atoms in total. The molecular weight excluding hydrogens is 388 g/mol. The smallest absolute Gasteiger partial charge is 0.275 e. The second-order valence-corrected chi connectivity index (χ2v) is 5.67. The average molecular weight is 403 g/mol. The normalized spacial score (nSPS) is 10.3. The molecule has 0 unspecified atom stereocenters. The van der Waals surface area contributed by atoms with Crippen molar-refractivity contribution in [3.63, 3.8) is 0 Å². The molecule has 1 amide bonds. The largest absolute Gasteiger partial charge is 0.507 e. The maximum atomic E-state index is 12.1. The summed E-state index contributed by atoms with van der Waals surface area (Å²) in [6.45, 7) is 0.103. The lowest BCUT2D eigenvalue weighted by Gasteiger charge is -2.08. The third kappa shape index (κ3) is 4.99. The maximum absolute atomic E-state index is 12.1. The summed E-state index contributed by atoms with van der Waals surface area (Å²) in [5.74, 6) is 2.79. The summed E-state index contributed by atoms with van der Waals surface area (Å²) in [4.78, 5) is 12.1. The number of halogens is 1. The third-order valence-electron chi connectivity index (χ3n) is 3.10. The van der Waals surface area contributed by atoms with Crippen LogP contribution in [0.3, 0.4) is 0 Å². The molecule has 0 atom stereocenters. The number of carbonyl (C=O) groups excluding carboxylic acids is 1. The fraction of sp³-hybridized carbons (Fsp3) is 0.111. The summed E-state index contributed by atoms with van der Waals surface area (Å²) in [6.07, 6.45) is 6.60. The Bertz CT molecular complexity index is 843. The van der Waals surface area contributed by atoms with Gasteiger partial charge in [0.05, 0.1) is 18.9 Å². The molecular formula is C18H15BrN2O4. The average Bonchev–Trinajstić information content (AvgIpc) is 2.62. The van der Waals surface area contributed by atoms with Gasteiger partial charge in [-0.05, 0) is 36.4 Å². The van der Waals surface area contributed by atoms with Gasteiger partial charge < -0.3 is 14.6 Å². The first kappa shape index (κ1) is 18.4. The van der Waals surface area contributed by atoms with Crippen molar-refractivity contribution in [2.45, 2.75) is 0 Å². The highest BCUT2D eigenvalue weighted by molar-refractivity contribution is 9.10. The lowest BCUT2D eigenvalue weighted by atomic mass is 10.2. The number of carbonyl (C=O) groups is 1. The molecule has 0 spiro atoms. The number of terminal acetylenes is 1. The standard InChI is InChI=1S/C18H15BrN2O4/c1-3-8-25-17-7-5-14(24-2)9-12(17)11-20-21-18(23)15-10-13(19)4-6-16(15)22/h1,4-7,9-11,22H,8H2,2H3,(H,21,23)/b20-11-. The van der Waals surface area contributed by atoms with Crippen molar-refractivity contribution in [1.29, 1.82) is 0 Å². The molecule has 2 aromatic carbocycles. The fourth-order valence-electron chi connectivity index (χ4n) is 1.92. The number of hydrogen-bond donors (Lipinski definition) is 2. The Kier molecular flexibility index (Phi) is 6.43. The van der Waals surface area contributed by atoms with E-state index in [1.54, 1.807) is 24.3 Å². The molecule has 2 rings (SSSR count). The van der Waals surface area contributed by atoms with Crippen LogP contribution in [0.25, 0.3) is 0 Å². The molecule has 0 bridgehead atoms. The zero-order chi connectivity index (χ0) is 18.2. The van der Waals surface area contributed by atoms with Gasteiger partial charge in [0.2, 0.25) is 0 Å². The fourth-order valence-corrected chi connectivity index (χ4v) is 2.28. The molecule has 0 aliphatic rings. The van der Waals surface area contributed by atoms with Crippen LogP contribution in [-0.4, -0.2) is 30.9 Å². The van der Waals surface area contributed by atoms with Crippen LogP contribution in [-0.2, 0) is 0 Å². The van der Waals surface area contributed by atoms with Gasteiger partial charge in [0.1, 0.15) is 23.9 Å². The molecule has 2 N–H and O–H groups in total. The number of methoxy groups -OCH3 is 1. The number of rotatable bonds is 6. The second-order valence-electron chi connectivity index (χ2n) is 4.76. The van der Waals surface area contributed by atoms with Crippen LogP contribution in [0.5, 0.6) is 17.2 Å². The summed E-state index contributed by atoms with van der Waals surface area (Å²) in [6, 6.07) is 9.64. The molecule has 2 aromatic rings. The van der Waals surface area contributed by atoms with Gasteiger partial charge in [-0.25, -0.2) is 5.43 Å². The zero-order valence-electron chi connectivity index (χ0n) is 13.3. The summed E-state index contributed by atoms with van der Waals surface area (Å²) in [7, 11) is 1.54. The van der Waals surface area contributed by atoms with E-state index in [1.807, 2.05) is 0 Å². The lowest BCUT2D eigenvalue weighted by Crippen LogP contribution is -2.17. The number of aromatic hydroxyl groups is 1. The first-order valence-electron chi connectivity index (χ1n) is 7.11. The predicted molar refractivity (Wildman–Crippen MR) is 98.2 cm³/mol. The van der Waals surface area contributed by atoms with Gasteiger partial charge in [0.25, 0.3) is 5.91 Å². The van der Waals surface area contributed by atoms with Gasteiger partial charge in [-0.3, -0.25) is 4.79 Å². The number of phenolic OH excluding ortho intramolecular Hbond substituents is 1. The Morgan fingerprint density at radius 2 is 2.20 bits per heavy atom. The van der Waals surface area contributed by atoms with Crippen molar-refractivity contribution in [2.24, 2.45) is 5.10 Å². The van der Waals surface area contributed by atoms with Crippen LogP contribution in [0.4, 0.5) is 0 Å². The van der Waals surface area contributed by atoms with Gasteiger partial charge in [0.15, 0.2) is 0 Å². The SMILES string of the molecule is C#CCOc1ccc(OC)cc1/C=N\NC(=O)c1cc(Br)ccc1O. The van der Waals surface area contributed by atoms with E-state index in [0.29, 0.717) is 21.5 Å². The van der Waals surface area contributed by atoms with Gasteiger partial charge >= 0.3 is 0 Å². The van der Waals surface area contributed by atoms with Crippen molar-refractivity contribution in [3.05, 3.63) is 52.0 Å². The Balaban J connectivity index is 2.16. The molecule has 0 aliphatic carbocycles. The number of ether oxygens (including phenoxy) is 2. The molecule has 0 saturated carbocycles. The highest BCUT2D eigenvalue weighted by Gasteiger charge is 2.11. The number of amides is 1. The maximum Gasteiger partial charge on any atom is 0.275 e. The molecule has 0 radical (unpaired) electrons. The quantitative estimate of drug-likeness (QED) is 0.442. The van der Waals surface area contributed by atoms with E-state index >= 15 is 0 Å². The van der Waals surface area contributed by atoms with Crippen LogP contribution >= 0.6 is 15.9 Å². The third-order valence-corrected chi connectivity index (χ3v) is 3.59. The van der Waals surface area contributed by atoms with Crippen LogP contribution in [0.15, 0.2) is 46.0 Å². The van der Waals surface area contributed by atoms with E-state index in [9.17, 15) is 9.90 Å². The number of benzene rings is 2. The topological polar surface area (TPSA) is 80.2 Å². The molecule has 7 heteroatoms. The number of hydrogen-bond acceptors (Lipinski definition) is 5. The molecule has 0 heterocycles. The first-order valence-corrected chi connectivity index (χ1v) is 7.90. The minimum atomic E-state index is -0.552. The minimum absolute atomic E-state index is 0.0981. The summed E-state index contributed by atoms with van der Waals surface area (Å²) < 4.78 is 11.2. The monoisotopic (exact) mass is 402 g/mol. The van der Waals surface area contributed by atoms with E-state index in [1.165, 1.54) is 25.5 Å². The Morgan fingerprint density at radius 3 is 2.92 bits per heavy atom. The number of hydrazone groups is 1. The molecule has 25 heavy (non-hydrogen) atoms. The van der Waals surface area contributed by atoms with E-state index in [4.69, 9.17) is 15.9 Å². The summed E-state index contributed by atoms with van der Waals surface area (Å²) in [5, 5.41) is 13.6. The van der Waals surface area contributed by atoms with Gasteiger partial charge in [-0.1, -0.05) is 21.9 Å². The van der Waals surface area contributed by atoms with Crippen molar-refractivity contribution < 1.29 is 19.4 Å². The summed E-state index contributed by atoms with van der Waals surface area (Å²) >= 11 is 3.24. The van der Waals surface area contributed by atoms with Gasteiger partial charge in [-0.2, -0.15) is 5.10 Å². The first-order chi connectivity index (χ1) is 12.0. The summed E-state index contributed by atoms with van der Waals surface area (Å²) in [5.41, 5.74) is 3.02. The minimum Gasteiger partial charge on any atom is -0.507 e. The van der Waals surface area contributed by atoms with Gasteiger partial charge in [-0.15, -0.1) is 6.42 Å². The van der Waals surface area contributed by atoms with E-state index in [0.717, 1.165) is 0 Å². The van der Waals surface area contributed by atoms with Crippen molar-refractivity contribution >= 4 is 28.1 Å². The Morgan fingerprint density at radius 1 is 1.40 bits per heavy atom. The molecule has 0 aliphatic heterocycles. The van der Waals surface area contributed by atoms with Gasteiger partial charge in [0, 0.05) is 10.0 Å². The Labute approximate surface area is 153 Å². The van der Waals surface area contributed by atoms with Crippen molar-refractivity contribution in [1.82, 2.24) is 5.43 Å². The molecule has 0 fully saturated rings. The molecule has 0 saturated heterocycles. The van der Waals surface area contributed by atoms with Crippen LogP contribution < -0.4 is 14.9 Å². The molecule has 128 valence electrons. The number of nitrogens with one attached hydrogen (secondary N) is 1. The van der Waals surface area contributed by atoms with Crippen LogP contribution in [0, 0.1) is 12.3 Å². The van der Waals surface area contributed by atoms with Crippen LogP contribution in [0.1, 0.15) is 15.9 Å². The van der Waals surface area contributed by atoms with Crippen molar-refractivity contribution in [2.75, 3.05) is 13.7 Å². The van der Waals surface area contributed by atoms with Crippen LogP contribution in [0.2, 0.25) is 0 Å². The highest BCUT2D eigenvalue weighted by Crippen LogP contribution is 2.23. The molecule has 0 aromatic heterocycles. The second kappa shape index (κ2) is 8.76. The van der Waals surface area contributed by atoms with E-state index in [-0.39, 0.29) is 17.9 Å². The predicted octanol–water partition coefficient (Wildman–Crippen LogP) is 2.94. The lowest BCUT2D eigenvalue weighted by molar-refractivity contribution is 0.0952. The number of nitrogens with zero attached hydrogens (tertiary/aromatic N) is 1. The van der Waals surface area contributed by atoms with Crippen molar-refractivity contribution in [3.8, 4) is 29.6 Å². The zero-order valence-corrected chi connectivity index (χ0v) is 14.9. The highest BCUT2D eigenvalue weighted by atomic mass is 79.9. The van der Waals surface area contributed by atoms with E-state index in [2.05, 4.69) is 32.4 Å². The Hall–Kier alpha value is -2.98. The van der Waals surface area contributed by atoms with E-state index < -0.39 is 5.91 Å². The number of phenols is 1.